The van der Waals surface area contributed by atoms with Crippen LogP contribution < -0.4 is 9.64 Å². The van der Waals surface area contributed by atoms with Crippen molar-refractivity contribution >= 4 is 39.4 Å². The number of aryl methyl sites for hydroxylation is 1. The summed E-state index contributed by atoms with van der Waals surface area (Å²) < 4.78 is 6.37. The molecule has 0 aromatic heterocycles. The Kier molecular flexibility index (Phi) is 5.32. The zero-order chi connectivity index (χ0) is 20.4. The maximum absolute atomic E-state index is 13.4. The smallest absolute Gasteiger partial charge is 0.282 e. The third kappa shape index (κ3) is 3.87. The molecule has 0 spiro atoms. The van der Waals surface area contributed by atoms with Gasteiger partial charge in [0.1, 0.15) is 17.3 Å². The van der Waals surface area contributed by atoms with Crippen LogP contribution in [-0.4, -0.2) is 18.9 Å². The van der Waals surface area contributed by atoms with Gasteiger partial charge in [-0.05, 0) is 49.4 Å². The molecule has 4 nitrogen and oxygen atoms in total. The van der Waals surface area contributed by atoms with Crippen molar-refractivity contribution in [3.8, 4) is 5.75 Å². The number of hydrogen-bond acceptors (Lipinski definition) is 3. The fraction of sp³-hybridized carbons (Fsp3) is 0.0833. The van der Waals surface area contributed by atoms with E-state index < -0.39 is 0 Å². The van der Waals surface area contributed by atoms with Gasteiger partial charge in [-0.15, -0.1) is 0 Å². The van der Waals surface area contributed by atoms with E-state index in [-0.39, 0.29) is 5.91 Å². The minimum absolute atomic E-state index is 0.172. The molecule has 0 unspecified atom stereocenters. The largest absolute Gasteiger partial charge is 0.496 e. The third-order valence-electron chi connectivity index (χ3n) is 4.65. The van der Waals surface area contributed by atoms with Crippen molar-refractivity contribution in [3.05, 3.63) is 99.7 Å². The number of ether oxygens (including phenoxy) is 1. The van der Waals surface area contributed by atoms with Crippen LogP contribution >= 0.6 is 15.9 Å². The van der Waals surface area contributed by atoms with Crippen molar-refractivity contribution in [2.75, 3.05) is 12.0 Å². The number of amides is 1. The summed E-state index contributed by atoms with van der Waals surface area (Å²) in [7, 11) is 1.61. The van der Waals surface area contributed by atoms with Crippen LogP contribution in [0.4, 0.5) is 5.69 Å². The Morgan fingerprint density at radius 2 is 1.76 bits per heavy atom. The molecule has 1 aliphatic rings. The third-order valence-corrected chi connectivity index (χ3v) is 5.18. The van der Waals surface area contributed by atoms with Crippen molar-refractivity contribution in [2.24, 2.45) is 4.99 Å². The summed E-state index contributed by atoms with van der Waals surface area (Å²) in [4.78, 5) is 19.7. The molecule has 0 bridgehead atoms. The molecule has 3 aromatic rings. The summed E-state index contributed by atoms with van der Waals surface area (Å²) in [6, 6.07) is 23.2. The molecule has 5 heteroatoms. The van der Waals surface area contributed by atoms with Gasteiger partial charge in [-0.25, -0.2) is 4.99 Å². The van der Waals surface area contributed by atoms with Crippen LogP contribution in [0, 0.1) is 6.92 Å². The van der Waals surface area contributed by atoms with E-state index in [4.69, 9.17) is 9.73 Å². The molecule has 0 atom stereocenters. The van der Waals surface area contributed by atoms with Gasteiger partial charge in [-0.1, -0.05) is 57.9 Å². The number of rotatable bonds is 4. The highest BCUT2D eigenvalue weighted by molar-refractivity contribution is 9.10. The fourth-order valence-electron chi connectivity index (χ4n) is 3.26. The van der Waals surface area contributed by atoms with E-state index in [0.717, 1.165) is 26.9 Å². The Morgan fingerprint density at radius 1 is 1.00 bits per heavy atom. The first-order valence-corrected chi connectivity index (χ1v) is 9.96. The summed E-state index contributed by atoms with van der Waals surface area (Å²) in [6.07, 6.45) is 1.77. The predicted octanol–water partition coefficient (Wildman–Crippen LogP) is 5.60. The molecule has 0 aliphatic carbocycles. The van der Waals surface area contributed by atoms with Crippen LogP contribution in [0.15, 0.2) is 88.0 Å². The van der Waals surface area contributed by atoms with Crippen LogP contribution in [0.25, 0.3) is 6.08 Å². The lowest BCUT2D eigenvalue weighted by Gasteiger charge is -2.19. The SMILES string of the molecule is COc1ccccc1/C=C1/N=C(c2cccc(C)c2)N(c2ccc(Br)cc2)C1=O. The molecule has 4 rings (SSSR count). The van der Waals surface area contributed by atoms with Gasteiger partial charge in [0, 0.05) is 15.6 Å². The number of hydrogen-bond donors (Lipinski definition) is 0. The number of para-hydroxylation sites is 1. The molecule has 0 saturated carbocycles. The van der Waals surface area contributed by atoms with Gasteiger partial charge >= 0.3 is 0 Å². The molecule has 29 heavy (non-hydrogen) atoms. The Bertz CT molecular complexity index is 1130. The molecule has 0 N–H and O–H groups in total. The summed E-state index contributed by atoms with van der Waals surface area (Å²) in [5.41, 5.74) is 3.94. The molecule has 3 aromatic carbocycles. The Balaban J connectivity index is 1.85. The van der Waals surface area contributed by atoms with E-state index in [9.17, 15) is 4.79 Å². The molecule has 0 saturated heterocycles. The molecular formula is C24H19BrN2O2. The van der Waals surface area contributed by atoms with Crippen LogP contribution in [-0.2, 0) is 4.79 Å². The fourth-order valence-corrected chi connectivity index (χ4v) is 3.52. The number of halogens is 1. The topological polar surface area (TPSA) is 41.9 Å². The van der Waals surface area contributed by atoms with Gasteiger partial charge in [0.15, 0.2) is 0 Å². The number of aliphatic imine (C=N–C) groups is 1. The second-order valence-corrected chi connectivity index (χ2v) is 7.61. The van der Waals surface area contributed by atoms with Crippen molar-refractivity contribution in [2.45, 2.75) is 6.92 Å². The van der Waals surface area contributed by atoms with E-state index in [1.807, 2.05) is 79.7 Å². The molecule has 0 fully saturated rings. The first kappa shape index (κ1) is 19.2. The second-order valence-electron chi connectivity index (χ2n) is 6.69. The van der Waals surface area contributed by atoms with Gasteiger partial charge in [-0.3, -0.25) is 9.69 Å². The molecule has 1 amide bonds. The summed E-state index contributed by atoms with van der Waals surface area (Å²) in [5.74, 6) is 1.14. The Hall–Kier alpha value is -3.18. The van der Waals surface area contributed by atoms with E-state index in [0.29, 0.717) is 17.3 Å². The molecule has 1 aliphatic heterocycles. The zero-order valence-corrected chi connectivity index (χ0v) is 17.7. The van der Waals surface area contributed by atoms with Crippen LogP contribution in [0.5, 0.6) is 5.75 Å². The van der Waals surface area contributed by atoms with Crippen molar-refractivity contribution in [1.29, 1.82) is 0 Å². The van der Waals surface area contributed by atoms with Gasteiger partial charge in [0.2, 0.25) is 0 Å². The average Bonchev–Trinajstić information content (AvgIpc) is 3.05. The summed E-state index contributed by atoms with van der Waals surface area (Å²) in [5, 5.41) is 0. The van der Waals surface area contributed by atoms with Crippen LogP contribution in [0.1, 0.15) is 16.7 Å². The lowest BCUT2D eigenvalue weighted by atomic mass is 10.1. The zero-order valence-electron chi connectivity index (χ0n) is 16.1. The molecule has 1 heterocycles. The predicted molar refractivity (Wildman–Crippen MR) is 120 cm³/mol. The number of methoxy groups -OCH3 is 1. The molecule has 144 valence electrons. The number of anilines is 1. The first-order chi connectivity index (χ1) is 14.1. The maximum atomic E-state index is 13.4. The van der Waals surface area contributed by atoms with Gasteiger partial charge in [0.25, 0.3) is 5.91 Å². The first-order valence-electron chi connectivity index (χ1n) is 9.17. The van der Waals surface area contributed by atoms with Gasteiger partial charge < -0.3 is 4.74 Å². The average molecular weight is 447 g/mol. The number of nitrogens with zero attached hydrogens (tertiary/aromatic N) is 2. The van der Waals surface area contributed by atoms with Crippen LogP contribution in [0.3, 0.4) is 0 Å². The maximum Gasteiger partial charge on any atom is 0.282 e. The lowest BCUT2D eigenvalue weighted by molar-refractivity contribution is -0.113. The highest BCUT2D eigenvalue weighted by Gasteiger charge is 2.32. The van der Waals surface area contributed by atoms with Crippen LogP contribution in [0.2, 0.25) is 0 Å². The lowest BCUT2D eigenvalue weighted by Crippen LogP contribution is -2.32. The number of benzene rings is 3. The van der Waals surface area contributed by atoms with E-state index in [2.05, 4.69) is 15.9 Å². The Labute approximate surface area is 178 Å². The Morgan fingerprint density at radius 3 is 2.48 bits per heavy atom. The number of carbonyl (C=O) groups is 1. The number of carbonyl (C=O) groups excluding carboxylic acids is 1. The van der Waals surface area contributed by atoms with Gasteiger partial charge in [0.05, 0.1) is 12.8 Å². The van der Waals surface area contributed by atoms with E-state index >= 15 is 0 Å². The van der Waals surface area contributed by atoms with Crippen molar-refractivity contribution in [1.82, 2.24) is 0 Å². The highest BCUT2D eigenvalue weighted by atomic mass is 79.9. The standard InChI is InChI=1S/C24H19BrN2O2/c1-16-6-5-8-18(14-16)23-26-21(15-17-7-3-4-9-22(17)29-2)24(28)27(23)20-12-10-19(25)11-13-20/h3-15H,1-2H3/b21-15+. The number of amidine groups is 1. The molecule has 0 radical (unpaired) electrons. The summed E-state index contributed by atoms with van der Waals surface area (Å²) in [6.45, 7) is 2.02. The highest BCUT2D eigenvalue weighted by Crippen LogP contribution is 2.30. The second kappa shape index (κ2) is 8.05. The van der Waals surface area contributed by atoms with Crippen molar-refractivity contribution < 1.29 is 9.53 Å². The van der Waals surface area contributed by atoms with Crippen molar-refractivity contribution in [3.63, 3.8) is 0 Å². The normalized spacial score (nSPS) is 15.0. The molecular weight excluding hydrogens is 428 g/mol. The minimum Gasteiger partial charge on any atom is -0.496 e. The van der Waals surface area contributed by atoms with E-state index in [1.165, 1.54) is 0 Å². The monoisotopic (exact) mass is 446 g/mol. The summed E-state index contributed by atoms with van der Waals surface area (Å²) >= 11 is 3.45. The van der Waals surface area contributed by atoms with E-state index in [1.54, 1.807) is 18.1 Å². The quantitative estimate of drug-likeness (QED) is 0.489. The minimum atomic E-state index is -0.172. The van der Waals surface area contributed by atoms with Gasteiger partial charge in [-0.2, -0.15) is 0 Å².